The minimum atomic E-state index is -0.0222. The monoisotopic (exact) mass is 320 g/mol. The molecule has 23 heavy (non-hydrogen) atoms. The number of rotatable bonds is 5. The molecule has 2 heterocycles. The number of piperidine rings is 1. The third kappa shape index (κ3) is 4.80. The molecule has 5 heteroatoms. The molecule has 0 aliphatic carbocycles. The van der Waals surface area contributed by atoms with Crippen LogP contribution in [-0.2, 0) is 11.2 Å². The van der Waals surface area contributed by atoms with E-state index in [-0.39, 0.29) is 11.9 Å². The molecule has 1 aromatic rings. The van der Waals surface area contributed by atoms with Gasteiger partial charge in [0, 0.05) is 12.2 Å². The average Bonchev–Trinajstić information content (AvgIpc) is 2.82. The second-order valence-electron chi connectivity index (χ2n) is 7.91. The number of carbonyl (C=O) groups is 1. The van der Waals surface area contributed by atoms with Gasteiger partial charge in [-0.05, 0) is 63.0 Å². The summed E-state index contributed by atoms with van der Waals surface area (Å²) in [6.45, 7) is 12.6. The minimum absolute atomic E-state index is 0.0222. The van der Waals surface area contributed by atoms with Crippen LogP contribution in [0.4, 0.5) is 0 Å². The van der Waals surface area contributed by atoms with E-state index in [2.05, 4.69) is 41.6 Å². The van der Waals surface area contributed by atoms with Crippen molar-refractivity contribution in [2.45, 2.75) is 66.3 Å². The van der Waals surface area contributed by atoms with Crippen molar-refractivity contribution in [1.29, 1.82) is 0 Å². The Kier molecular flexibility index (Phi) is 5.84. The summed E-state index contributed by atoms with van der Waals surface area (Å²) in [4.78, 5) is 12.3. The summed E-state index contributed by atoms with van der Waals surface area (Å²) >= 11 is 0. The Morgan fingerprint density at radius 2 is 2.04 bits per heavy atom. The standard InChI is InChI=1S/C18H32N4O/c1-12-15(13(2)22-21-12)7-6-10-19-17(23)16-9-8-14(11-20-16)18(3,4)5/h14,16,20H,6-11H2,1-5H3,(H,19,23)(H,21,22). The van der Waals surface area contributed by atoms with Gasteiger partial charge in [-0.25, -0.2) is 0 Å². The van der Waals surface area contributed by atoms with Gasteiger partial charge in [0.15, 0.2) is 0 Å². The van der Waals surface area contributed by atoms with E-state index in [0.717, 1.165) is 50.2 Å². The summed E-state index contributed by atoms with van der Waals surface area (Å²) in [7, 11) is 0. The van der Waals surface area contributed by atoms with Crippen molar-refractivity contribution in [3.8, 4) is 0 Å². The van der Waals surface area contributed by atoms with Gasteiger partial charge in [0.05, 0.1) is 11.7 Å². The molecule has 130 valence electrons. The van der Waals surface area contributed by atoms with Crippen molar-refractivity contribution in [2.75, 3.05) is 13.1 Å². The molecule has 0 bridgehead atoms. The third-order valence-electron chi connectivity index (χ3n) is 5.14. The number of nitrogens with one attached hydrogen (secondary N) is 3. The lowest BCUT2D eigenvalue weighted by Crippen LogP contribution is -2.51. The fourth-order valence-electron chi connectivity index (χ4n) is 3.36. The molecule has 2 atom stereocenters. The van der Waals surface area contributed by atoms with Crippen LogP contribution in [0.5, 0.6) is 0 Å². The Morgan fingerprint density at radius 1 is 1.30 bits per heavy atom. The van der Waals surface area contributed by atoms with E-state index < -0.39 is 0 Å². The van der Waals surface area contributed by atoms with Crippen LogP contribution in [0.25, 0.3) is 0 Å². The average molecular weight is 320 g/mol. The Bertz CT molecular complexity index is 502. The van der Waals surface area contributed by atoms with E-state index in [0.29, 0.717) is 11.3 Å². The molecular weight excluding hydrogens is 288 g/mol. The van der Waals surface area contributed by atoms with Crippen LogP contribution in [-0.4, -0.2) is 35.2 Å². The summed E-state index contributed by atoms with van der Waals surface area (Å²) < 4.78 is 0. The lowest BCUT2D eigenvalue weighted by atomic mass is 9.75. The zero-order valence-electron chi connectivity index (χ0n) is 15.3. The van der Waals surface area contributed by atoms with Crippen LogP contribution in [0, 0.1) is 25.2 Å². The van der Waals surface area contributed by atoms with Gasteiger partial charge in [-0.2, -0.15) is 5.10 Å². The van der Waals surface area contributed by atoms with E-state index in [1.165, 1.54) is 5.56 Å². The van der Waals surface area contributed by atoms with Gasteiger partial charge in [0.2, 0.25) is 5.91 Å². The van der Waals surface area contributed by atoms with Crippen molar-refractivity contribution < 1.29 is 4.79 Å². The molecule has 1 saturated heterocycles. The second kappa shape index (κ2) is 7.47. The Hall–Kier alpha value is -1.36. The largest absolute Gasteiger partial charge is 0.355 e. The first-order valence-electron chi connectivity index (χ1n) is 8.80. The van der Waals surface area contributed by atoms with Gasteiger partial charge >= 0.3 is 0 Å². The topological polar surface area (TPSA) is 69.8 Å². The highest BCUT2D eigenvalue weighted by Crippen LogP contribution is 2.31. The molecule has 0 spiro atoms. The highest BCUT2D eigenvalue weighted by atomic mass is 16.2. The Morgan fingerprint density at radius 3 is 2.57 bits per heavy atom. The molecule has 2 unspecified atom stereocenters. The lowest BCUT2D eigenvalue weighted by Gasteiger charge is -2.37. The number of nitrogens with zero attached hydrogens (tertiary/aromatic N) is 1. The summed E-state index contributed by atoms with van der Waals surface area (Å²) in [5, 5.41) is 13.7. The molecule has 2 rings (SSSR count). The molecule has 3 N–H and O–H groups in total. The molecule has 1 fully saturated rings. The van der Waals surface area contributed by atoms with Crippen LogP contribution in [0.3, 0.4) is 0 Å². The molecule has 0 saturated carbocycles. The molecule has 1 aliphatic heterocycles. The number of amides is 1. The fraction of sp³-hybridized carbons (Fsp3) is 0.778. The fourth-order valence-corrected chi connectivity index (χ4v) is 3.36. The summed E-state index contributed by atoms with van der Waals surface area (Å²) in [5.74, 6) is 0.802. The van der Waals surface area contributed by atoms with E-state index in [9.17, 15) is 4.79 Å². The smallest absolute Gasteiger partial charge is 0.237 e. The quantitative estimate of drug-likeness (QED) is 0.730. The lowest BCUT2D eigenvalue weighted by molar-refractivity contribution is -0.124. The van der Waals surface area contributed by atoms with Crippen molar-refractivity contribution in [2.24, 2.45) is 11.3 Å². The first-order valence-corrected chi connectivity index (χ1v) is 8.80. The first-order chi connectivity index (χ1) is 10.8. The molecule has 1 amide bonds. The number of carbonyl (C=O) groups excluding carboxylic acids is 1. The number of hydrogen-bond donors (Lipinski definition) is 3. The van der Waals surface area contributed by atoms with Crippen LogP contribution in [0.1, 0.15) is 57.0 Å². The highest BCUT2D eigenvalue weighted by molar-refractivity contribution is 5.81. The van der Waals surface area contributed by atoms with Crippen LogP contribution in [0.15, 0.2) is 0 Å². The van der Waals surface area contributed by atoms with Crippen LogP contribution in [0.2, 0.25) is 0 Å². The van der Waals surface area contributed by atoms with E-state index in [1.807, 2.05) is 13.8 Å². The Balaban J connectivity index is 1.68. The SMILES string of the molecule is Cc1n[nH]c(C)c1CCCNC(=O)C1CCC(C(C)(C)C)CN1. The maximum absolute atomic E-state index is 12.3. The first kappa shape index (κ1) is 18.0. The summed E-state index contributed by atoms with van der Waals surface area (Å²) in [6.07, 6.45) is 3.97. The van der Waals surface area contributed by atoms with Crippen molar-refractivity contribution in [3.63, 3.8) is 0 Å². The van der Waals surface area contributed by atoms with Gasteiger partial charge in [0.25, 0.3) is 0 Å². The van der Waals surface area contributed by atoms with Crippen molar-refractivity contribution in [1.82, 2.24) is 20.8 Å². The maximum atomic E-state index is 12.3. The molecule has 0 aromatic carbocycles. The van der Waals surface area contributed by atoms with Gasteiger partial charge in [0.1, 0.15) is 0 Å². The van der Waals surface area contributed by atoms with E-state index in [4.69, 9.17) is 0 Å². The third-order valence-corrected chi connectivity index (χ3v) is 5.14. The molecule has 1 aliphatic rings. The highest BCUT2D eigenvalue weighted by Gasteiger charge is 2.31. The zero-order chi connectivity index (χ0) is 17.0. The molecule has 1 aromatic heterocycles. The number of aromatic nitrogens is 2. The molecular formula is C18H32N4O. The molecule has 0 radical (unpaired) electrons. The van der Waals surface area contributed by atoms with Gasteiger partial charge in [-0.3, -0.25) is 9.89 Å². The number of aryl methyl sites for hydroxylation is 2. The van der Waals surface area contributed by atoms with Gasteiger partial charge < -0.3 is 10.6 Å². The van der Waals surface area contributed by atoms with Crippen molar-refractivity contribution >= 4 is 5.91 Å². The summed E-state index contributed by atoms with van der Waals surface area (Å²) in [5.41, 5.74) is 3.80. The predicted molar refractivity (Wildman–Crippen MR) is 93.4 cm³/mol. The van der Waals surface area contributed by atoms with Crippen LogP contribution < -0.4 is 10.6 Å². The number of H-pyrrole nitrogens is 1. The van der Waals surface area contributed by atoms with Crippen LogP contribution >= 0.6 is 0 Å². The maximum Gasteiger partial charge on any atom is 0.237 e. The summed E-state index contributed by atoms with van der Waals surface area (Å²) in [6, 6.07) is -0.0222. The zero-order valence-corrected chi connectivity index (χ0v) is 15.3. The molecule has 5 nitrogen and oxygen atoms in total. The minimum Gasteiger partial charge on any atom is -0.355 e. The van der Waals surface area contributed by atoms with E-state index >= 15 is 0 Å². The van der Waals surface area contributed by atoms with Crippen molar-refractivity contribution in [3.05, 3.63) is 17.0 Å². The van der Waals surface area contributed by atoms with Gasteiger partial charge in [-0.1, -0.05) is 20.8 Å². The predicted octanol–water partition coefficient (Wildman–Crippen LogP) is 2.49. The Labute approximate surface area is 140 Å². The normalized spacial score (nSPS) is 22.1. The second-order valence-corrected chi connectivity index (χ2v) is 7.91. The van der Waals surface area contributed by atoms with E-state index in [1.54, 1.807) is 0 Å². The number of aromatic amines is 1. The number of hydrogen-bond acceptors (Lipinski definition) is 3. The van der Waals surface area contributed by atoms with Gasteiger partial charge in [-0.15, -0.1) is 0 Å².